The van der Waals surface area contributed by atoms with E-state index in [9.17, 15) is 14.0 Å². The predicted molar refractivity (Wildman–Crippen MR) is 129 cm³/mol. The van der Waals surface area contributed by atoms with Crippen molar-refractivity contribution in [1.82, 2.24) is 5.32 Å². The molecule has 0 spiro atoms. The number of nitrogens with one attached hydrogen (secondary N) is 2. The first kappa shape index (κ1) is 21.2. The molecular weight excluding hydrogens is 439 g/mol. The molecule has 2 aliphatic rings. The van der Waals surface area contributed by atoms with Crippen molar-refractivity contribution < 1.29 is 14.0 Å². The number of carbonyl (C=O) groups excluding carboxylic acids is 2. The van der Waals surface area contributed by atoms with Crippen LogP contribution in [0.25, 0.3) is 0 Å². The van der Waals surface area contributed by atoms with Crippen molar-refractivity contribution in [1.29, 1.82) is 0 Å². The molecule has 0 bridgehead atoms. The number of hydrogen-bond donors (Lipinski definition) is 2. The Morgan fingerprint density at radius 1 is 1.09 bits per heavy atom. The number of urea groups is 1. The van der Waals surface area contributed by atoms with Gasteiger partial charge in [-0.2, -0.15) is 0 Å². The largest absolute Gasteiger partial charge is 0.321 e. The Labute approximate surface area is 194 Å². The number of benzene rings is 3. The normalized spacial score (nSPS) is 16.7. The zero-order valence-electron chi connectivity index (χ0n) is 17.8. The minimum atomic E-state index is -1.19. The summed E-state index contributed by atoms with van der Waals surface area (Å²) < 4.78 is 14.8. The maximum atomic E-state index is 14.8. The van der Waals surface area contributed by atoms with Crippen molar-refractivity contribution in [2.45, 2.75) is 17.5 Å². The minimum Gasteiger partial charge on any atom is -0.308 e. The van der Waals surface area contributed by atoms with Crippen LogP contribution in [0, 0.1) is 5.82 Å². The molecule has 1 unspecified atom stereocenters. The summed E-state index contributed by atoms with van der Waals surface area (Å²) in [6, 6.07) is 18.8. The molecule has 3 aromatic rings. The van der Waals surface area contributed by atoms with Gasteiger partial charge in [0.05, 0.1) is 11.4 Å². The van der Waals surface area contributed by atoms with Crippen LogP contribution in [0.3, 0.4) is 0 Å². The van der Waals surface area contributed by atoms with E-state index in [4.69, 9.17) is 0 Å². The van der Waals surface area contributed by atoms with E-state index in [-0.39, 0.29) is 11.5 Å². The van der Waals surface area contributed by atoms with Crippen molar-refractivity contribution in [3.63, 3.8) is 0 Å². The molecule has 3 aromatic carbocycles. The maximum Gasteiger partial charge on any atom is 0.321 e. The van der Waals surface area contributed by atoms with Gasteiger partial charge in [0, 0.05) is 28.3 Å². The Morgan fingerprint density at radius 2 is 1.88 bits per heavy atom. The zero-order valence-corrected chi connectivity index (χ0v) is 18.7. The molecule has 2 N–H and O–H groups in total. The van der Waals surface area contributed by atoms with Crippen molar-refractivity contribution in [3.05, 3.63) is 89.2 Å². The van der Waals surface area contributed by atoms with Crippen molar-refractivity contribution >= 4 is 40.8 Å². The Hall–Kier alpha value is -3.65. The second-order valence-electron chi connectivity index (χ2n) is 7.74. The highest BCUT2D eigenvalue weighted by Crippen LogP contribution is 2.36. The van der Waals surface area contributed by atoms with Gasteiger partial charge in [-0.1, -0.05) is 36.4 Å². The van der Waals surface area contributed by atoms with Crippen LogP contribution in [0.1, 0.15) is 16.7 Å². The summed E-state index contributed by atoms with van der Waals surface area (Å²) in [5.74, 6) is -0.787. The fourth-order valence-electron chi connectivity index (χ4n) is 4.22. The monoisotopic (exact) mass is 460 g/mol. The van der Waals surface area contributed by atoms with Crippen LogP contribution in [0.2, 0.25) is 0 Å². The van der Waals surface area contributed by atoms with E-state index in [0.717, 1.165) is 16.1 Å². The number of halogens is 1. The van der Waals surface area contributed by atoms with Crippen LogP contribution >= 0.6 is 11.8 Å². The van der Waals surface area contributed by atoms with E-state index in [0.29, 0.717) is 29.9 Å². The first-order valence-corrected chi connectivity index (χ1v) is 11.8. The number of aliphatic imine (C=N–C) groups is 1. The third kappa shape index (κ3) is 3.98. The smallest absolute Gasteiger partial charge is 0.308 e. The molecule has 0 fully saturated rings. The molecule has 1 atom stereocenters. The van der Waals surface area contributed by atoms with Crippen molar-refractivity contribution in [2.24, 2.45) is 4.99 Å². The topological polar surface area (TPSA) is 73.8 Å². The predicted octanol–water partition coefficient (Wildman–Crippen LogP) is 4.44. The molecule has 3 amide bonds. The van der Waals surface area contributed by atoms with Crippen LogP contribution in [-0.2, 0) is 11.2 Å². The number of rotatable bonds is 4. The molecule has 0 saturated heterocycles. The molecule has 2 aliphatic heterocycles. The summed E-state index contributed by atoms with van der Waals surface area (Å²) in [4.78, 5) is 33.4. The van der Waals surface area contributed by atoms with E-state index >= 15 is 0 Å². The van der Waals surface area contributed by atoms with Crippen LogP contribution in [0.5, 0.6) is 0 Å². The second kappa shape index (κ2) is 8.71. The van der Waals surface area contributed by atoms with Gasteiger partial charge < -0.3 is 15.5 Å². The average molecular weight is 461 g/mol. The van der Waals surface area contributed by atoms with E-state index in [1.165, 1.54) is 6.07 Å². The SMILES string of the molecule is CSc1cccc(NC(=O)NC2N=C(c3ccccc3F)c3cccc4c3N(CC4)C2=O)c1. The van der Waals surface area contributed by atoms with E-state index < -0.39 is 18.0 Å². The highest BCUT2D eigenvalue weighted by molar-refractivity contribution is 7.98. The van der Waals surface area contributed by atoms with Crippen molar-refractivity contribution in [3.8, 4) is 0 Å². The number of anilines is 2. The lowest BCUT2D eigenvalue weighted by molar-refractivity contribution is -0.120. The number of para-hydroxylation sites is 1. The van der Waals surface area contributed by atoms with Gasteiger partial charge in [0.15, 0.2) is 0 Å². The fraction of sp³-hybridized carbons (Fsp3) is 0.160. The van der Waals surface area contributed by atoms with Gasteiger partial charge in [0.2, 0.25) is 6.17 Å². The summed E-state index contributed by atoms with van der Waals surface area (Å²) in [6.07, 6.45) is 1.45. The van der Waals surface area contributed by atoms with Gasteiger partial charge in [-0.25, -0.2) is 14.2 Å². The third-order valence-electron chi connectivity index (χ3n) is 5.73. The summed E-state index contributed by atoms with van der Waals surface area (Å²) >= 11 is 1.56. The molecule has 0 radical (unpaired) electrons. The first-order valence-electron chi connectivity index (χ1n) is 10.5. The maximum absolute atomic E-state index is 14.8. The summed E-state index contributed by atoms with van der Waals surface area (Å²) in [6.45, 7) is 0.487. The third-order valence-corrected chi connectivity index (χ3v) is 6.46. The highest BCUT2D eigenvalue weighted by atomic mass is 32.2. The zero-order chi connectivity index (χ0) is 22.9. The second-order valence-corrected chi connectivity index (χ2v) is 8.62. The van der Waals surface area contributed by atoms with Crippen LogP contribution < -0.4 is 15.5 Å². The van der Waals surface area contributed by atoms with Crippen LogP contribution in [0.15, 0.2) is 76.6 Å². The number of carbonyl (C=O) groups is 2. The molecule has 0 saturated carbocycles. The number of hydrogen-bond acceptors (Lipinski definition) is 4. The van der Waals surface area contributed by atoms with Crippen molar-refractivity contribution in [2.75, 3.05) is 23.0 Å². The van der Waals surface area contributed by atoms with Gasteiger partial charge in [-0.3, -0.25) is 4.79 Å². The lowest BCUT2D eigenvalue weighted by Gasteiger charge is -2.21. The fourth-order valence-corrected chi connectivity index (χ4v) is 4.68. The van der Waals surface area contributed by atoms with Gasteiger partial charge in [0.25, 0.3) is 5.91 Å². The first-order chi connectivity index (χ1) is 16.0. The molecule has 2 heterocycles. The summed E-state index contributed by atoms with van der Waals surface area (Å²) in [5.41, 5.74) is 3.65. The lowest BCUT2D eigenvalue weighted by atomic mass is 9.98. The quantitative estimate of drug-likeness (QED) is 0.566. The number of nitrogens with zero attached hydrogens (tertiary/aromatic N) is 2. The molecule has 0 aliphatic carbocycles. The van der Waals surface area contributed by atoms with E-state index in [1.54, 1.807) is 40.9 Å². The van der Waals surface area contributed by atoms with E-state index in [2.05, 4.69) is 15.6 Å². The van der Waals surface area contributed by atoms with Gasteiger partial charge in [-0.15, -0.1) is 11.8 Å². The molecule has 33 heavy (non-hydrogen) atoms. The highest BCUT2D eigenvalue weighted by Gasteiger charge is 2.37. The summed E-state index contributed by atoms with van der Waals surface area (Å²) in [5, 5.41) is 5.44. The molecule has 5 rings (SSSR count). The average Bonchev–Trinajstić information content (AvgIpc) is 3.22. The summed E-state index contributed by atoms with van der Waals surface area (Å²) in [7, 11) is 0. The number of amides is 3. The van der Waals surface area contributed by atoms with Gasteiger partial charge in [-0.05, 0) is 48.6 Å². The molecular formula is C25H21FN4O2S. The minimum absolute atomic E-state index is 0.285. The molecule has 8 heteroatoms. The lowest BCUT2D eigenvalue weighted by Crippen LogP contribution is -2.48. The Bertz CT molecular complexity index is 1290. The van der Waals surface area contributed by atoms with Crippen LogP contribution in [-0.4, -0.2) is 36.6 Å². The van der Waals surface area contributed by atoms with E-state index in [1.807, 2.05) is 42.7 Å². The molecule has 6 nitrogen and oxygen atoms in total. The standard InChI is InChI=1S/C25H21FN4O2S/c1-33-17-8-5-7-16(14-17)27-25(32)29-23-24(31)30-13-12-15-6-4-10-19(22(15)30)21(28-23)18-9-2-3-11-20(18)26/h2-11,14,23H,12-13H2,1H3,(H2,27,29,32). The molecule has 0 aromatic heterocycles. The van der Waals surface area contributed by atoms with Gasteiger partial charge in [0.1, 0.15) is 5.82 Å². The van der Waals surface area contributed by atoms with Crippen LogP contribution in [0.4, 0.5) is 20.6 Å². The molecule has 166 valence electrons. The Morgan fingerprint density at radius 3 is 2.70 bits per heavy atom. The van der Waals surface area contributed by atoms with Gasteiger partial charge >= 0.3 is 6.03 Å². The Balaban J connectivity index is 1.52. The number of thioether (sulfide) groups is 1. The Kier molecular flexibility index (Phi) is 5.60.